The number of hydrogen-bond donors (Lipinski definition) is 2. The van der Waals surface area contributed by atoms with Gasteiger partial charge in [0.15, 0.2) is 0 Å². The van der Waals surface area contributed by atoms with Crippen LogP contribution in [-0.2, 0) is 4.79 Å². The molecular weight excluding hydrogens is 108 g/mol. The Bertz CT molecular complexity index is 111. The van der Waals surface area contributed by atoms with E-state index in [1.54, 1.807) is 0 Å². The lowest BCUT2D eigenvalue weighted by Crippen LogP contribution is -2.26. The highest BCUT2D eigenvalue weighted by atomic mass is 16.3. The number of nitrogens with one attached hydrogen (secondary N) is 2. The van der Waals surface area contributed by atoms with E-state index in [-0.39, 0.29) is 6.42 Å². The summed E-state index contributed by atoms with van der Waals surface area (Å²) in [6.45, 7) is 0. The standard InChI is InChI=1S/C4H8N2O2/c1-6-4(8)2-3(5)7/h2H2,1H3,(H2,5,7)(H,6,8)/p-1. The number of carbonyl (C=O) groups is 1. The van der Waals surface area contributed by atoms with Crippen molar-refractivity contribution in [2.45, 2.75) is 6.42 Å². The fourth-order valence-electron chi connectivity index (χ4n) is 0.234. The quantitative estimate of drug-likeness (QED) is 0.338. The smallest absolute Gasteiger partial charge is 0.224 e. The van der Waals surface area contributed by atoms with Crippen LogP contribution < -0.4 is 10.4 Å². The summed E-state index contributed by atoms with van der Waals surface area (Å²) in [7, 11) is 1.42. The van der Waals surface area contributed by atoms with Crippen molar-refractivity contribution in [1.82, 2.24) is 5.32 Å². The molecule has 0 aliphatic rings. The Kier molecular flexibility index (Phi) is 2.61. The largest absolute Gasteiger partial charge is 0.862 e. The second-order valence-electron chi connectivity index (χ2n) is 1.27. The van der Waals surface area contributed by atoms with Crippen molar-refractivity contribution in [3.63, 3.8) is 0 Å². The molecular formula is C4H7N2O2-. The first-order valence-corrected chi connectivity index (χ1v) is 2.12. The van der Waals surface area contributed by atoms with E-state index in [2.05, 4.69) is 5.32 Å². The molecule has 0 radical (unpaired) electrons. The molecule has 0 aliphatic carbocycles. The Labute approximate surface area is 47.0 Å². The van der Waals surface area contributed by atoms with Crippen molar-refractivity contribution in [2.24, 2.45) is 0 Å². The third-order valence-corrected chi connectivity index (χ3v) is 0.600. The zero-order chi connectivity index (χ0) is 6.57. The van der Waals surface area contributed by atoms with Gasteiger partial charge in [-0.15, -0.1) is 0 Å². The summed E-state index contributed by atoms with van der Waals surface area (Å²) in [5.74, 6) is -1.27. The predicted octanol–water partition coefficient (Wildman–Crippen LogP) is -1.54. The van der Waals surface area contributed by atoms with Crippen LogP contribution in [0.4, 0.5) is 0 Å². The van der Waals surface area contributed by atoms with E-state index >= 15 is 0 Å². The van der Waals surface area contributed by atoms with Crippen molar-refractivity contribution in [2.75, 3.05) is 7.05 Å². The van der Waals surface area contributed by atoms with Gasteiger partial charge in [0.2, 0.25) is 5.91 Å². The molecule has 0 aromatic heterocycles. The van der Waals surface area contributed by atoms with Gasteiger partial charge >= 0.3 is 0 Å². The summed E-state index contributed by atoms with van der Waals surface area (Å²) in [4.78, 5) is 10.2. The predicted molar refractivity (Wildman–Crippen MR) is 26.4 cm³/mol. The van der Waals surface area contributed by atoms with Crippen molar-refractivity contribution >= 4 is 11.8 Å². The zero-order valence-corrected chi connectivity index (χ0v) is 4.52. The first kappa shape index (κ1) is 6.94. The fraction of sp³-hybridized carbons (Fsp3) is 0.500. The molecule has 0 rings (SSSR count). The Hall–Kier alpha value is -1.06. The molecule has 0 aliphatic heterocycles. The molecule has 0 bridgehead atoms. The van der Waals surface area contributed by atoms with Gasteiger partial charge in [0.1, 0.15) is 0 Å². The van der Waals surface area contributed by atoms with Crippen LogP contribution in [0.3, 0.4) is 0 Å². The zero-order valence-electron chi connectivity index (χ0n) is 4.52. The first-order chi connectivity index (χ1) is 3.66. The van der Waals surface area contributed by atoms with Crippen molar-refractivity contribution in [1.29, 1.82) is 5.41 Å². The second-order valence-corrected chi connectivity index (χ2v) is 1.27. The molecule has 46 valence electrons. The van der Waals surface area contributed by atoms with Gasteiger partial charge in [0.05, 0.1) is 6.42 Å². The molecule has 4 nitrogen and oxygen atoms in total. The van der Waals surface area contributed by atoms with Gasteiger partial charge in [-0.05, 0) is 5.90 Å². The molecule has 0 aromatic rings. The third-order valence-electron chi connectivity index (χ3n) is 0.600. The van der Waals surface area contributed by atoms with Gasteiger partial charge in [-0.25, -0.2) is 0 Å². The van der Waals surface area contributed by atoms with Crippen LogP contribution in [-0.4, -0.2) is 18.9 Å². The highest BCUT2D eigenvalue weighted by molar-refractivity contribution is 5.93. The minimum atomic E-state index is -0.857. The first-order valence-electron chi connectivity index (χ1n) is 2.12. The van der Waals surface area contributed by atoms with E-state index in [9.17, 15) is 9.90 Å². The summed E-state index contributed by atoms with van der Waals surface area (Å²) in [5, 5.41) is 18.3. The maximum Gasteiger partial charge on any atom is 0.224 e. The molecule has 0 saturated carbocycles. The van der Waals surface area contributed by atoms with E-state index in [1.165, 1.54) is 7.05 Å². The molecule has 0 spiro atoms. The molecule has 0 aromatic carbocycles. The van der Waals surface area contributed by atoms with Crippen LogP contribution in [0.5, 0.6) is 0 Å². The molecule has 0 atom stereocenters. The SMILES string of the molecule is CNC(=O)CC(=N)[O-]. The molecule has 0 fully saturated rings. The van der Waals surface area contributed by atoms with E-state index < -0.39 is 11.8 Å². The van der Waals surface area contributed by atoms with E-state index in [1.807, 2.05) is 0 Å². The molecule has 1 amide bonds. The summed E-state index contributed by atoms with van der Waals surface area (Å²) >= 11 is 0. The number of hydrogen-bond acceptors (Lipinski definition) is 3. The lowest BCUT2D eigenvalue weighted by molar-refractivity contribution is -0.220. The molecule has 0 saturated heterocycles. The highest BCUT2D eigenvalue weighted by Crippen LogP contribution is 1.72. The minimum Gasteiger partial charge on any atom is -0.862 e. The summed E-state index contributed by atoms with van der Waals surface area (Å²) in [6.07, 6.45) is -0.337. The monoisotopic (exact) mass is 115 g/mol. The Morgan fingerprint density at radius 1 is 1.88 bits per heavy atom. The van der Waals surface area contributed by atoms with Crippen LogP contribution >= 0.6 is 0 Å². The van der Waals surface area contributed by atoms with Crippen LogP contribution in [0.2, 0.25) is 0 Å². The van der Waals surface area contributed by atoms with Crippen LogP contribution in [0.15, 0.2) is 0 Å². The van der Waals surface area contributed by atoms with E-state index in [4.69, 9.17) is 5.41 Å². The molecule has 2 N–H and O–H groups in total. The van der Waals surface area contributed by atoms with Gasteiger partial charge in [-0.3, -0.25) is 4.79 Å². The maximum atomic E-state index is 10.2. The van der Waals surface area contributed by atoms with Gasteiger partial charge in [-0.1, -0.05) is 0 Å². The summed E-state index contributed by atoms with van der Waals surface area (Å²) in [5.41, 5.74) is 0. The Balaban J connectivity index is 3.40. The second kappa shape index (κ2) is 3.01. The molecule has 0 heterocycles. The summed E-state index contributed by atoms with van der Waals surface area (Å²) < 4.78 is 0. The van der Waals surface area contributed by atoms with Gasteiger partial charge in [0, 0.05) is 7.05 Å². The van der Waals surface area contributed by atoms with Gasteiger partial charge in [0.25, 0.3) is 0 Å². The Morgan fingerprint density at radius 2 is 2.38 bits per heavy atom. The van der Waals surface area contributed by atoms with Crippen LogP contribution in [0.1, 0.15) is 6.42 Å². The Morgan fingerprint density at radius 3 is 2.50 bits per heavy atom. The van der Waals surface area contributed by atoms with Crippen molar-refractivity contribution < 1.29 is 9.90 Å². The summed E-state index contributed by atoms with van der Waals surface area (Å²) in [6, 6.07) is 0. The molecule has 4 heteroatoms. The molecule has 0 unspecified atom stereocenters. The lowest BCUT2D eigenvalue weighted by atomic mass is 10.4. The highest BCUT2D eigenvalue weighted by Gasteiger charge is 1.92. The number of amides is 1. The van der Waals surface area contributed by atoms with Gasteiger partial charge < -0.3 is 15.8 Å². The third kappa shape index (κ3) is 3.14. The number of rotatable bonds is 2. The maximum absolute atomic E-state index is 10.2. The minimum absolute atomic E-state index is 0.337. The van der Waals surface area contributed by atoms with Crippen molar-refractivity contribution in [3.05, 3.63) is 0 Å². The molecule has 8 heavy (non-hydrogen) atoms. The van der Waals surface area contributed by atoms with E-state index in [0.29, 0.717) is 0 Å². The topological polar surface area (TPSA) is 76.0 Å². The normalized spacial score (nSPS) is 8.12. The van der Waals surface area contributed by atoms with Gasteiger partial charge in [-0.2, -0.15) is 0 Å². The average molecular weight is 115 g/mol. The average Bonchev–Trinajstić information content (AvgIpc) is 1.65. The van der Waals surface area contributed by atoms with E-state index in [0.717, 1.165) is 0 Å². The van der Waals surface area contributed by atoms with Crippen molar-refractivity contribution in [3.8, 4) is 0 Å². The number of carbonyl (C=O) groups excluding carboxylic acids is 1. The van der Waals surface area contributed by atoms with Crippen LogP contribution in [0, 0.1) is 5.41 Å². The lowest BCUT2D eigenvalue weighted by Gasteiger charge is -2.03. The van der Waals surface area contributed by atoms with Crippen LogP contribution in [0.25, 0.3) is 0 Å². The fourth-order valence-corrected chi connectivity index (χ4v) is 0.234.